The molecule has 184 valence electrons. The quantitative estimate of drug-likeness (QED) is 0.617. The van der Waals surface area contributed by atoms with Gasteiger partial charge in [0.05, 0.1) is 12.0 Å². The van der Waals surface area contributed by atoms with Gasteiger partial charge in [0.15, 0.2) is 0 Å². The molecule has 4 rings (SSSR count). The van der Waals surface area contributed by atoms with Crippen molar-refractivity contribution < 1.29 is 24.2 Å². The highest BCUT2D eigenvalue weighted by atomic mass is 16.6. The molecule has 2 aliphatic carbocycles. The molecule has 2 saturated carbocycles. The van der Waals surface area contributed by atoms with Crippen LogP contribution in [0.5, 0.6) is 5.75 Å². The minimum atomic E-state index is -0.746. The molecule has 0 spiro atoms. The summed E-state index contributed by atoms with van der Waals surface area (Å²) in [4.78, 5) is 25.5. The number of amides is 1. The third-order valence-electron chi connectivity index (χ3n) is 7.20. The molecule has 9 heteroatoms. The van der Waals surface area contributed by atoms with Crippen molar-refractivity contribution in [3.63, 3.8) is 0 Å². The predicted octanol–water partition coefficient (Wildman–Crippen LogP) is 4.18. The van der Waals surface area contributed by atoms with Crippen LogP contribution in [0.1, 0.15) is 56.7 Å². The fourth-order valence-electron chi connectivity index (χ4n) is 4.64. The molecule has 0 bridgehead atoms. The van der Waals surface area contributed by atoms with Gasteiger partial charge in [0.2, 0.25) is 0 Å². The van der Waals surface area contributed by atoms with Crippen molar-refractivity contribution in [1.29, 1.82) is 0 Å². The number of benzene rings is 1. The predicted molar refractivity (Wildman–Crippen MR) is 125 cm³/mol. The first-order valence-electron chi connectivity index (χ1n) is 12.0. The normalized spacial score (nSPS) is 21.1. The number of ether oxygens (including phenoxy) is 2. The molecule has 2 aromatic rings. The van der Waals surface area contributed by atoms with Gasteiger partial charge in [0.1, 0.15) is 23.7 Å². The lowest BCUT2D eigenvalue weighted by Gasteiger charge is -2.28. The summed E-state index contributed by atoms with van der Waals surface area (Å²) in [6, 6.07) is 5.95. The Morgan fingerprint density at radius 2 is 2.03 bits per heavy atom. The van der Waals surface area contributed by atoms with Crippen LogP contribution in [0, 0.1) is 18.8 Å². The fraction of sp³-hybridized carbons (Fsp3) is 0.600. The average molecular weight is 471 g/mol. The van der Waals surface area contributed by atoms with Crippen LogP contribution in [0.15, 0.2) is 18.2 Å². The van der Waals surface area contributed by atoms with Gasteiger partial charge >= 0.3 is 12.1 Å². The smallest absolute Gasteiger partial charge is 0.410 e. The molecule has 1 heterocycles. The number of carbonyl (C=O) groups excluding carboxylic acids is 1. The van der Waals surface area contributed by atoms with Gasteiger partial charge in [-0.15, -0.1) is 5.10 Å². The van der Waals surface area contributed by atoms with Gasteiger partial charge in [0, 0.05) is 25.7 Å². The number of aryl methyl sites for hydroxylation is 2. The van der Waals surface area contributed by atoms with Crippen LogP contribution in [-0.2, 0) is 23.2 Å². The number of hydrogen-bond donors (Lipinski definition) is 1. The minimum absolute atomic E-state index is 0.0787. The molecule has 9 nitrogen and oxygen atoms in total. The molecule has 1 N–H and O–H groups in total. The Labute approximate surface area is 200 Å². The molecule has 0 unspecified atom stereocenters. The van der Waals surface area contributed by atoms with Crippen molar-refractivity contribution in [2.24, 2.45) is 18.9 Å². The standard InChI is InChI=1S/C25H34N4O5/c1-15-12-18(10-11-22(15)34-20-7-5-6-19(13-20)24(30)31)23-21(29(4)27-26-23)14-33-25(32)28(3)16(2)17-8-9-17/h10-12,16-17,19-20H,5-9,13-14H2,1-4H3,(H,30,31)/t16-,19+,20+/m1/s1. The summed E-state index contributed by atoms with van der Waals surface area (Å²) in [5.74, 6) is 0.227. The second-order valence-electron chi connectivity index (χ2n) is 9.67. The second kappa shape index (κ2) is 10.0. The zero-order chi connectivity index (χ0) is 24.4. The van der Waals surface area contributed by atoms with Crippen molar-refractivity contribution in [1.82, 2.24) is 19.9 Å². The van der Waals surface area contributed by atoms with Gasteiger partial charge in [0.25, 0.3) is 0 Å². The van der Waals surface area contributed by atoms with Gasteiger partial charge in [-0.3, -0.25) is 4.79 Å². The van der Waals surface area contributed by atoms with Crippen molar-refractivity contribution in [2.75, 3.05) is 7.05 Å². The van der Waals surface area contributed by atoms with E-state index in [-0.39, 0.29) is 30.8 Å². The maximum Gasteiger partial charge on any atom is 0.410 e. The molecule has 1 aromatic carbocycles. The van der Waals surface area contributed by atoms with E-state index in [0.29, 0.717) is 30.1 Å². The Morgan fingerprint density at radius 3 is 2.71 bits per heavy atom. The third-order valence-corrected chi connectivity index (χ3v) is 7.20. The molecular formula is C25H34N4O5. The van der Waals surface area contributed by atoms with Crippen LogP contribution in [0.2, 0.25) is 0 Å². The van der Waals surface area contributed by atoms with Crippen molar-refractivity contribution in [3.8, 4) is 17.0 Å². The van der Waals surface area contributed by atoms with Gasteiger partial charge in [-0.1, -0.05) is 5.21 Å². The number of nitrogens with zero attached hydrogens (tertiary/aromatic N) is 4. The highest BCUT2D eigenvalue weighted by Gasteiger charge is 2.33. The largest absolute Gasteiger partial charge is 0.490 e. The molecule has 34 heavy (non-hydrogen) atoms. The van der Waals surface area contributed by atoms with Crippen LogP contribution in [0.4, 0.5) is 4.79 Å². The fourth-order valence-corrected chi connectivity index (χ4v) is 4.64. The summed E-state index contributed by atoms with van der Waals surface area (Å²) >= 11 is 0. The molecule has 0 saturated heterocycles. The van der Waals surface area contributed by atoms with Crippen molar-refractivity contribution in [3.05, 3.63) is 29.5 Å². The zero-order valence-corrected chi connectivity index (χ0v) is 20.4. The maximum atomic E-state index is 12.5. The van der Waals surface area contributed by atoms with Crippen LogP contribution in [-0.4, -0.2) is 56.3 Å². The minimum Gasteiger partial charge on any atom is -0.490 e. The number of aliphatic carboxylic acids is 1. The first-order chi connectivity index (χ1) is 16.2. The third kappa shape index (κ3) is 5.34. The first-order valence-corrected chi connectivity index (χ1v) is 12.0. The molecule has 3 atom stereocenters. The van der Waals surface area contributed by atoms with E-state index in [0.717, 1.165) is 42.6 Å². The van der Waals surface area contributed by atoms with Crippen LogP contribution in [0.25, 0.3) is 11.3 Å². The van der Waals surface area contributed by atoms with Gasteiger partial charge in [-0.05, 0) is 82.1 Å². The summed E-state index contributed by atoms with van der Waals surface area (Å²) < 4.78 is 13.4. The van der Waals surface area contributed by atoms with E-state index in [9.17, 15) is 14.7 Å². The Balaban J connectivity index is 1.43. The Hall–Kier alpha value is -3.10. The van der Waals surface area contributed by atoms with Crippen LogP contribution < -0.4 is 4.74 Å². The molecule has 0 aliphatic heterocycles. The van der Waals surface area contributed by atoms with E-state index in [4.69, 9.17) is 9.47 Å². The Kier molecular flexibility index (Phi) is 7.09. The molecular weight excluding hydrogens is 436 g/mol. The highest BCUT2D eigenvalue weighted by molar-refractivity contribution is 5.70. The molecule has 1 amide bonds. The average Bonchev–Trinajstić information content (AvgIpc) is 3.61. The molecule has 2 fully saturated rings. The first kappa shape index (κ1) is 24.0. The van der Waals surface area contributed by atoms with E-state index in [1.165, 1.54) is 0 Å². The number of carbonyl (C=O) groups is 2. The van der Waals surface area contributed by atoms with Gasteiger partial charge in [-0.2, -0.15) is 0 Å². The molecule has 1 aromatic heterocycles. The number of hydrogen-bond acceptors (Lipinski definition) is 6. The Morgan fingerprint density at radius 1 is 1.26 bits per heavy atom. The summed E-state index contributed by atoms with van der Waals surface area (Å²) in [6.45, 7) is 4.09. The molecule has 2 aliphatic rings. The van der Waals surface area contributed by atoms with E-state index in [1.807, 2.05) is 25.1 Å². The second-order valence-corrected chi connectivity index (χ2v) is 9.67. The van der Waals surface area contributed by atoms with Crippen molar-refractivity contribution >= 4 is 12.1 Å². The van der Waals surface area contributed by atoms with E-state index >= 15 is 0 Å². The number of carboxylic acids is 1. The van der Waals surface area contributed by atoms with Gasteiger partial charge in [-0.25, -0.2) is 9.48 Å². The summed E-state index contributed by atoms with van der Waals surface area (Å²) in [5.41, 5.74) is 3.16. The monoisotopic (exact) mass is 470 g/mol. The summed E-state index contributed by atoms with van der Waals surface area (Å²) in [7, 11) is 3.56. The maximum absolute atomic E-state index is 12.5. The number of rotatable bonds is 8. The van der Waals surface area contributed by atoms with Gasteiger partial charge < -0.3 is 19.5 Å². The van der Waals surface area contributed by atoms with Crippen LogP contribution in [0.3, 0.4) is 0 Å². The lowest BCUT2D eigenvalue weighted by Crippen LogP contribution is -2.36. The van der Waals surface area contributed by atoms with E-state index in [1.54, 1.807) is 23.7 Å². The number of aromatic nitrogens is 3. The molecule has 0 radical (unpaired) electrons. The van der Waals surface area contributed by atoms with E-state index < -0.39 is 5.97 Å². The lowest BCUT2D eigenvalue weighted by atomic mass is 9.87. The SMILES string of the molecule is Cc1cc(-c2nnn(C)c2COC(=O)N(C)[C@H](C)C2CC2)ccc1O[C@H]1CCC[C@H](C(=O)O)C1. The zero-order valence-electron chi connectivity index (χ0n) is 20.4. The van der Waals surface area contributed by atoms with E-state index in [2.05, 4.69) is 17.2 Å². The van der Waals surface area contributed by atoms with Crippen LogP contribution >= 0.6 is 0 Å². The highest BCUT2D eigenvalue weighted by Crippen LogP contribution is 2.35. The summed E-state index contributed by atoms with van der Waals surface area (Å²) in [5, 5.41) is 17.8. The lowest BCUT2D eigenvalue weighted by molar-refractivity contribution is -0.143. The summed E-state index contributed by atoms with van der Waals surface area (Å²) in [6.07, 6.45) is 4.84. The Bertz CT molecular complexity index is 1050. The topological polar surface area (TPSA) is 107 Å². The van der Waals surface area contributed by atoms with Crippen molar-refractivity contribution in [2.45, 2.75) is 71.1 Å². The number of carboxylic acid groups (broad SMARTS) is 1.